The van der Waals surface area contributed by atoms with Crippen molar-refractivity contribution in [1.29, 1.82) is 0 Å². The number of hydrogen-bond acceptors (Lipinski definition) is 4. The number of likely N-dealkylation sites (tertiary alicyclic amines) is 1. The van der Waals surface area contributed by atoms with Crippen molar-refractivity contribution in [3.63, 3.8) is 0 Å². The number of carbonyl (C=O) groups is 1. The smallest absolute Gasteiger partial charge is 0.407 e. The van der Waals surface area contributed by atoms with E-state index in [4.69, 9.17) is 9.84 Å². The van der Waals surface area contributed by atoms with Gasteiger partial charge in [0.05, 0.1) is 19.2 Å². The molecule has 1 aromatic heterocycles. The van der Waals surface area contributed by atoms with Crippen molar-refractivity contribution < 1.29 is 28.2 Å². The Morgan fingerprint density at radius 3 is 2.90 bits per heavy atom. The first kappa shape index (κ1) is 16.1. The third kappa shape index (κ3) is 4.63. The number of rotatable bonds is 5. The molecule has 1 N–H and O–H groups in total. The Bertz CT molecular complexity index is 489. The largest absolute Gasteiger partial charge is 0.472 e. The summed E-state index contributed by atoms with van der Waals surface area (Å²) in [5.41, 5.74) is 0. The molecule has 0 aliphatic carbocycles. The maximum Gasteiger partial charge on any atom is 0.407 e. The predicted molar refractivity (Wildman–Crippen MR) is 76.5 cm³/mol. The fraction of sp³-hybridized carbons (Fsp3) is 0.500. The van der Waals surface area contributed by atoms with E-state index >= 15 is 0 Å². The normalized spacial score (nSPS) is 21.8. The molecule has 21 heavy (non-hydrogen) atoms. The minimum atomic E-state index is -2.92. The van der Waals surface area contributed by atoms with Crippen molar-refractivity contribution in [3.8, 4) is 5.88 Å². The van der Waals surface area contributed by atoms with Gasteiger partial charge in [-0.1, -0.05) is 0 Å². The topological polar surface area (TPSA) is 71.9 Å². The quantitative estimate of drug-likeness (QED) is 0.750. The lowest BCUT2D eigenvalue weighted by molar-refractivity contribution is -0.137. The summed E-state index contributed by atoms with van der Waals surface area (Å²) in [6.45, 7) is -3.18. The molecule has 0 spiro atoms. The summed E-state index contributed by atoms with van der Waals surface area (Å²) >= 11 is 2.10. The Hall–Kier alpha value is -1.23. The van der Waals surface area contributed by atoms with E-state index in [1.807, 2.05) is 6.07 Å². The Balaban J connectivity index is 1.96. The molecule has 0 bridgehead atoms. The van der Waals surface area contributed by atoms with Crippen LogP contribution in [-0.2, 0) is 4.74 Å². The van der Waals surface area contributed by atoms with Crippen molar-refractivity contribution in [3.05, 3.63) is 21.9 Å². The molecule has 1 saturated heterocycles. The van der Waals surface area contributed by atoms with Crippen molar-refractivity contribution in [2.24, 2.45) is 0 Å². The fourth-order valence-electron chi connectivity index (χ4n) is 2.14. The maximum absolute atomic E-state index is 12.1. The summed E-state index contributed by atoms with van der Waals surface area (Å²) in [4.78, 5) is 16.2. The zero-order chi connectivity index (χ0) is 15.4. The summed E-state index contributed by atoms with van der Waals surface area (Å²) in [5.74, 6) is 0.376. The van der Waals surface area contributed by atoms with Gasteiger partial charge in [0.15, 0.2) is 0 Å². The van der Waals surface area contributed by atoms with Crippen LogP contribution >= 0.6 is 22.6 Å². The van der Waals surface area contributed by atoms with Crippen LogP contribution in [0.5, 0.6) is 5.88 Å². The van der Waals surface area contributed by atoms with E-state index < -0.39 is 24.9 Å². The second kappa shape index (κ2) is 7.16. The summed E-state index contributed by atoms with van der Waals surface area (Å²) in [6.07, 6.45) is 0.295. The van der Waals surface area contributed by atoms with E-state index in [1.165, 1.54) is 0 Å². The zero-order valence-electron chi connectivity index (χ0n) is 10.8. The summed E-state index contributed by atoms with van der Waals surface area (Å²) in [6, 6.07) is 2.84. The second-order valence-electron chi connectivity index (χ2n) is 4.47. The molecule has 2 atom stereocenters. The third-order valence-electron chi connectivity index (χ3n) is 3.02. The minimum Gasteiger partial charge on any atom is -0.472 e. The molecule has 2 rings (SSSR count). The van der Waals surface area contributed by atoms with Gasteiger partial charge in [0.1, 0.15) is 6.10 Å². The Kier molecular flexibility index (Phi) is 5.51. The molecule has 1 fully saturated rings. The van der Waals surface area contributed by atoms with Crippen molar-refractivity contribution in [2.45, 2.75) is 25.2 Å². The molecular formula is C12H13F2IN2O4. The molecule has 9 heteroatoms. The lowest BCUT2D eigenvalue weighted by Crippen LogP contribution is -2.38. The van der Waals surface area contributed by atoms with Crippen LogP contribution in [0.1, 0.15) is 6.42 Å². The van der Waals surface area contributed by atoms with Gasteiger partial charge in [0.2, 0.25) is 5.88 Å². The standard InChI is InChI=1S/C12H13F2IN2O4/c13-11(14)20-6-8-3-9(5-17(8)12(18)19)21-10-2-1-7(15)4-16-10/h1-2,4,8-9,11H,3,5-6H2,(H,18,19)/t8-,9-/m0/s1. The third-order valence-corrected chi connectivity index (χ3v) is 3.66. The lowest BCUT2D eigenvalue weighted by atomic mass is 10.2. The lowest BCUT2D eigenvalue weighted by Gasteiger charge is -2.20. The Morgan fingerprint density at radius 2 is 2.33 bits per heavy atom. The van der Waals surface area contributed by atoms with Gasteiger partial charge in [-0.2, -0.15) is 8.78 Å². The van der Waals surface area contributed by atoms with E-state index in [0.29, 0.717) is 5.88 Å². The van der Waals surface area contributed by atoms with E-state index in [0.717, 1.165) is 8.47 Å². The molecule has 0 saturated carbocycles. The van der Waals surface area contributed by atoms with Crippen LogP contribution in [0.3, 0.4) is 0 Å². The number of carboxylic acid groups (broad SMARTS) is 1. The molecule has 1 aliphatic heterocycles. The Labute approximate surface area is 133 Å². The van der Waals surface area contributed by atoms with Gasteiger partial charge in [-0.3, -0.25) is 4.90 Å². The predicted octanol–water partition coefficient (Wildman–Crippen LogP) is 2.43. The van der Waals surface area contributed by atoms with E-state index in [9.17, 15) is 13.6 Å². The van der Waals surface area contributed by atoms with Gasteiger partial charge in [-0.25, -0.2) is 9.78 Å². The number of hydrogen-bond donors (Lipinski definition) is 1. The van der Waals surface area contributed by atoms with Gasteiger partial charge < -0.3 is 14.6 Å². The number of halogens is 3. The van der Waals surface area contributed by atoms with Crippen LogP contribution in [0.25, 0.3) is 0 Å². The molecule has 6 nitrogen and oxygen atoms in total. The highest BCUT2D eigenvalue weighted by molar-refractivity contribution is 14.1. The summed E-state index contributed by atoms with van der Waals surface area (Å²) < 4.78 is 34.9. The van der Waals surface area contributed by atoms with Crippen LogP contribution in [0.4, 0.5) is 13.6 Å². The molecule has 116 valence electrons. The van der Waals surface area contributed by atoms with Crippen LogP contribution in [0.15, 0.2) is 18.3 Å². The first-order valence-corrected chi connectivity index (χ1v) is 7.21. The van der Waals surface area contributed by atoms with Crippen molar-refractivity contribution in [1.82, 2.24) is 9.88 Å². The monoisotopic (exact) mass is 414 g/mol. The van der Waals surface area contributed by atoms with Crippen LogP contribution in [0, 0.1) is 3.57 Å². The highest BCUT2D eigenvalue weighted by atomic mass is 127. The highest BCUT2D eigenvalue weighted by Gasteiger charge is 2.37. The Morgan fingerprint density at radius 1 is 1.57 bits per heavy atom. The first-order chi connectivity index (χ1) is 9.95. The average molecular weight is 414 g/mol. The molecule has 0 unspecified atom stereocenters. The van der Waals surface area contributed by atoms with Gasteiger partial charge in [-0.05, 0) is 28.7 Å². The number of nitrogens with zero attached hydrogens (tertiary/aromatic N) is 2. The van der Waals surface area contributed by atoms with E-state index in [-0.39, 0.29) is 19.6 Å². The minimum absolute atomic E-state index is 0.0975. The molecular weight excluding hydrogens is 401 g/mol. The summed E-state index contributed by atoms with van der Waals surface area (Å²) in [7, 11) is 0. The van der Waals surface area contributed by atoms with Crippen molar-refractivity contribution >= 4 is 28.7 Å². The van der Waals surface area contributed by atoms with Gasteiger partial charge in [0, 0.05) is 22.3 Å². The molecule has 2 heterocycles. The maximum atomic E-state index is 12.1. The number of alkyl halides is 2. The molecule has 1 amide bonds. The van der Waals surface area contributed by atoms with Crippen LogP contribution < -0.4 is 4.74 Å². The SMILES string of the molecule is O=C(O)N1C[C@@H](Oc2ccc(I)cn2)C[C@H]1COC(F)F. The molecule has 1 aromatic rings. The molecule has 0 aromatic carbocycles. The molecule has 0 radical (unpaired) electrons. The summed E-state index contributed by atoms with van der Waals surface area (Å²) in [5, 5.41) is 9.08. The number of pyridine rings is 1. The van der Waals surface area contributed by atoms with Crippen molar-refractivity contribution in [2.75, 3.05) is 13.2 Å². The zero-order valence-corrected chi connectivity index (χ0v) is 12.9. The number of amides is 1. The van der Waals surface area contributed by atoms with E-state index in [2.05, 4.69) is 32.3 Å². The fourth-order valence-corrected chi connectivity index (χ4v) is 2.46. The van der Waals surface area contributed by atoms with Gasteiger partial charge in [0.25, 0.3) is 0 Å². The van der Waals surface area contributed by atoms with Crippen LogP contribution in [0.2, 0.25) is 0 Å². The number of aromatic nitrogens is 1. The highest BCUT2D eigenvalue weighted by Crippen LogP contribution is 2.23. The van der Waals surface area contributed by atoms with Gasteiger partial charge in [-0.15, -0.1) is 0 Å². The van der Waals surface area contributed by atoms with Gasteiger partial charge >= 0.3 is 12.7 Å². The van der Waals surface area contributed by atoms with Crippen LogP contribution in [-0.4, -0.2) is 53.0 Å². The second-order valence-corrected chi connectivity index (χ2v) is 5.72. The number of ether oxygens (including phenoxy) is 2. The first-order valence-electron chi connectivity index (χ1n) is 6.13. The average Bonchev–Trinajstić information content (AvgIpc) is 2.82. The van der Waals surface area contributed by atoms with E-state index in [1.54, 1.807) is 12.3 Å². The molecule has 1 aliphatic rings.